The van der Waals surface area contributed by atoms with E-state index in [0.29, 0.717) is 6.61 Å². The number of ether oxygens (including phenoxy) is 2. The summed E-state index contributed by atoms with van der Waals surface area (Å²) in [5, 5.41) is 2.82. The first-order valence-electron chi connectivity index (χ1n) is 11.3. The maximum absolute atomic E-state index is 11.3. The van der Waals surface area contributed by atoms with Gasteiger partial charge in [-0.3, -0.25) is 9.79 Å². The molecule has 0 unspecified atom stereocenters. The highest BCUT2D eigenvalue weighted by atomic mass is 16.5. The van der Waals surface area contributed by atoms with Crippen LogP contribution in [0.25, 0.3) is 11.1 Å². The lowest BCUT2D eigenvalue weighted by Gasteiger charge is -2.31. The fraction of sp³-hybridized carbons (Fsp3) is 0.286. The van der Waals surface area contributed by atoms with Crippen molar-refractivity contribution in [3.8, 4) is 22.6 Å². The Labute approximate surface area is 194 Å². The molecule has 2 aliphatic rings. The number of methoxy groups -OCH3 is 1. The van der Waals surface area contributed by atoms with Crippen molar-refractivity contribution in [2.75, 3.05) is 19.0 Å². The molecule has 0 fully saturated rings. The smallest absolute Gasteiger partial charge is 0.221 e. The molecule has 1 amide bonds. The summed E-state index contributed by atoms with van der Waals surface area (Å²) < 4.78 is 11.6. The van der Waals surface area contributed by atoms with Crippen molar-refractivity contribution in [3.63, 3.8) is 0 Å². The summed E-state index contributed by atoms with van der Waals surface area (Å²) in [7, 11) is 1.70. The van der Waals surface area contributed by atoms with Crippen molar-refractivity contribution in [3.05, 3.63) is 76.9 Å². The minimum absolute atomic E-state index is 0.0746. The molecule has 2 aliphatic heterocycles. The third-order valence-corrected chi connectivity index (χ3v) is 6.19. The number of hydrogen-bond donors (Lipinski definition) is 1. The van der Waals surface area contributed by atoms with E-state index in [9.17, 15) is 4.79 Å². The molecule has 33 heavy (non-hydrogen) atoms. The molecule has 0 atom stereocenters. The van der Waals surface area contributed by atoms with Crippen LogP contribution < -0.4 is 14.8 Å². The molecule has 3 aromatic rings. The highest BCUT2D eigenvalue weighted by molar-refractivity contribution is 6.16. The number of anilines is 1. The Hall–Kier alpha value is -3.60. The Bertz CT molecular complexity index is 1270. The van der Waals surface area contributed by atoms with Crippen LogP contribution >= 0.6 is 0 Å². The van der Waals surface area contributed by atoms with Gasteiger partial charge in [0.25, 0.3) is 0 Å². The predicted octanol–water partition coefficient (Wildman–Crippen LogP) is 5.43. The zero-order chi connectivity index (χ0) is 23.2. The Morgan fingerprint density at radius 1 is 1.06 bits per heavy atom. The highest BCUT2D eigenvalue weighted by Crippen LogP contribution is 2.44. The molecule has 1 N–H and O–H groups in total. The van der Waals surface area contributed by atoms with Crippen molar-refractivity contribution < 1.29 is 14.3 Å². The van der Waals surface area contributed by atoms with E-state index in [1.807, 2.05) is 24.3 Å². The number of amides is 1. The zero-order valence-corrected chi connectivity index (χ0v) is 19.5. The number of aliphatic imine (C=N–C) groups is 1. The van der Waals surface area contributed by atoms with E-state index in [1.54, 1.807) is 7.11 Å². The molecular weight excluding hydrogens is 412 g/mol. The third kappa shape index (κ3) is 3.99. The highest BCUT2D eigenvalue weighted by Gasteiger charge is 2.34. The number of nitrogens with zero attached hydrogens (tertiary/aromatic N) is 1. The monoisotopic (exact) mass is 440 g/mol. The molecule has 5 nitrogen and oxygen atoms in total. The molecule has 2 heterocycles. The van der Waals surface area contributed by atoms with Crippen molar-refractivity contribution >= 4 is 17.3 Å². The van der Waals surface area contributed by atoms with Crippen LogP contribution in [0, 0.1) is 0 Å². The molecule has 3 aromatic carbocycles. The number of fused-ring (bicyclic) bond motifs is 3. The Morgan fingerprint density at radius 3 is 2.55 bits per heavy atom. The van der Waals surface area contributed by atoms with Gasteiger partial charge in [-0.1, -0.05) is 30.3 Å². The second-order valence-corrected chi connectivity index (χ2v) is 9.31. The molecular formula is C28H28N2O3. The maximum atomic E-state index is 11.3. The summed E-state index contributed by atoms with van der Waals surface area (Å²) >= 11 is 0. The van der Waals surface area contributed by atoms with Gasteiger partial charge in [-0.25, -0.2) is 0 Å². The van der Waals surface area contributed by atoms with Gasteiger partial charge in [0.2, 0.25) is 5.91 Å². The number of rotatable bonds is 4. The SMILES string of the molecule is COc1cc2c(c3c1OCC3)C(c1cccc(-c3ccc(NC(C)=O)cc3)c1)=NC(C)(C)C2. The summed E-state index contributed by atoms with van der Waals surface area (Å²) in [5.41, 5.74) is 8.53. The topological polar surface area (TPSA) is 59.9 Å². The van der Waals surface area contributed by atoms with Crippen molar-refractivity contribution in [1.82, 2.24) is 0 Å². The van der Waals surface area contributed by atoms with Crippen LogP contribution in [0.4, 0.5) is 5.69 Å². The fourth-order valence-electron chi connectivity index (χ4n) is 4.86. The minimum Gasteiger partial charge on any atom is -0.493 e. The molecule has 168 valence electrons. The number of carbonyl (C=O) groups excluding carboxylic acids is 1. The van der Waals surface area contributed by atoms with E-state index in [4.69, 9.17) is 14.5 Å². The van der Waals surface area contributed by atoms with Gasteiger partial charge in [0, 0.05) is 35.7 Å². The summed E-state index contributed by atoms with van der Waals surface area (Å²) in [5.74, 6) is 1.59. The van der Waals surface area contributed by atoms with E-state index in [0.717, 1.165) is 52.4 Å². The number of hydrogen-bond acceptors (Lipinski definition) is 4. The fourth-order valence-corrected chi connectivity index (χ4v) is 4.86. The number of carbonyl (C=O) groups is 1. The van der Waals surface area contributed by atoms with Gasteiger partial charge in [0.1, 0.15) is 0 Å². The van der Waals surface area contributed by atoms with Gasteiger partial charge in [-0.15, -0.1) is 0 Å². The van der Waals surface area contributed by atoms with Gasteiger partial charge in [-0.2, -0.15) is 0 Å². The second-order valence-electron chi connectivity index (χ2n) is 9.31. The van der Waals surface area contributed by atoms with Crippen LogP contribution in [-0.4, -0.2) is 30.9 Å². The number of nitrogens with one attached hydrogen (secondary N) is 1. The van der Waals surface area contributed by atoms with E-state index >= 15 is 0 Å². The van der Waals surface area contributed by atoms with E-state index in [1.165, 1.54) is 23.6 Å². The van der Waals surface area contributed by atoms with Crippen molar-refractivity contribution in [2.24, 2.45) is 4.99 Å². The normalized spacial score (nSPS) is 15.7. The van der Waals surface area contributed by atoms with E-state index in [-0.39, 0.29) is 11.4 Å². The Balaban J connectivity index is 1.60. The van der Waals surface area contributed by atoms with E-state index < -0.39 is 0 Å². The van der Waals surface area contributed by atoms with Crippen LogP contribution in [0.5, 0.6) is 11.5 Å². The molecule has 5 heteroatoms. The van der Waals surface area contributed by atoms with Crippen LogP contribution in [0.1, 0.15) is 43.0 Å². The zero-order valence-electron chi connectivity index (χ0n) is 19.5. The average Bonchev–Trinajstić information content (AvgIpc) is 3.27. The molecule has 0 bridgehead atoms. The Kier molecular flexibility index (Phi) is 5.20. The molecule has 0 spiro atoms. The molecule has 0 radical (unpaired) electrons. The van der Waals surface area contributed by atoms with E-state index in [2.05, 4.69) is 49.5 Å². The summed E-state index contributed by atoms with van der Waals surface area (Å²) in [6, 6.07) is 18.6. The summed E-state index contributed by atoms with van der Waals surface area (Å²) in [6.45, 7) is 6.53. The maximum Gasteiger partial charge on any atom is 0.221 e. The lowest BCUT2D eigenvalue weighted by atomic mass is 9.81. The molecule has 0 saturated heterocycles. The van der Waals surface area contributed by atoms with Crippen molar-refractivity contribution in [2.45, 2.75) is 39.2 Å². The van der Waals surface area contributed by atoms with Crippen LogP contribution in [-0.2, 0) is 17.6 Å². The Morgan fingerprint density at radius 2 is 1.82 bits per heavy atom. The molecule has 0 saturated carbocycles. The molecule has 0 aromatic heterocycles. The van der Waals surface area contributed by atoms with Crippen LogP contribution in [0.3, 0.4) is 0 Å². The largest absolute Gasteiger partial charge is 0.493 e. The van der Waals surface area contributed by atoms with Crippen LogP contribution in [0.15, 0.2) is 59.6 Å². The standard InChI is InChI=1S/C28H28N2O3/c1-17(31)29-22-10-8-18(9-11-22)19-6-5-7-20(14-19)26-25-21(16-28(2,3)30-26)15-24(32-4)27-23(25)12-13-33-27/h5-11,14-15H,12-13,16H2,1-4H3,(H,29,31). The van der Waals surface area contributed by atoms with Crippen molar-refractivity contribution in [1.29, 1.82) is 0 Å². The average molecular weight is 441 g/mol. The molecule has 5 rings (SSSR count). The van der Waals surface area contributed by atoms with Crippen LogP contribution in [0.2, 0.25) is 0 Å². The summed E-state index contributed by atoms with van der Waals surface area (Å²) in [6.07, 6.45) is 1.72. The minimum atomic E-state index is -0.211. The van der Waals surface area contributed by atoms with Gasteiger partial charge in [0.15, 0.2) is 11.5 Å². The van der Waals surface area contributed by atoms with Gasteiger partial charge in [-0.05, 0) is 61.2 Å². The lowest BCUT2D eigenvalue weighted by Crippen LogP contribution is -2.30. The quantitative estimate of drug-likeness (QED) is 0.589. The predicted molar refractivity (Wildman–Crippen MR) is 132 cm³/mol. The second kappa shape index (κ2) is 8.07. The molecule has 0 aliphatic carbocycles. The lowest BCUT2D eigenvalue weighted by molar-refractivity contribution is -0.114. The first-order chi connectivity index (χ1) is 15.8. The third-order valence-electron chi connectivity index (χ3n) is 6.19. The van der Waals surface area contributed by atoms with Gasteiger partial charge in [0.05, 0.1) is 25.0 Å². The van der Waals surface area contributed by atoms with Gasteiger partial charge >= 0.3 is 0 Å². The summed E-state index contributed by atoms with van der Waals surface area (Å²) in [4.78, 5) is 16.5. The first-order valence-corrected chi connectivity index (χ1v) is 11.3. The van der Waals surface area contributed by atoms with Gasteiger partial charge < -0.3 is 14.8 Å². The first kappa shape index (κ1) is 21.3. The number of benzene rings is 3.